The van der Waals surface area contributed by atoms with Crippen LogP contribution >= 0.6 is 0 Å². The Balaban J connectivity index is 2.00. The Kier molecular flexibility index (Phi) is 3.63. The second kappa shape index (κ2) is 5.60. The number of nitrogens with one attached hydrogen (secondary N) is 1. The number of nitriles is 1. The van der Waals surface area contributed by atoms with Crippen molar-refractivity contribution in [3.05, 3.63) is 53.9 Å². The molecule has 110 valence electrons. The van der Waals surface area contributed by atoms with E-state index >= 15 is 0 Å². The van der Waals surface area contributed by atoms with E-state index in [4.69, 9.17) is 11.0 Å². The molecule has 0 saturated heterocycles. The Labute approximate surface area is 128 Å². The predicted octanol–water partition coefficient (Wildman–Crippen LogP) is 2.48. The number of hydrogen-bond donors (Lipinski definition) is 3. The zero-order chi connectivity index (χ0) is 15.7. The van der Waals surface area contributed by atoms with Crippen molar-refractivity contribution in [2.24, 2.45) is 5.73 Å². The third kappa shape index (κ3) is 2.58. The summed E-state index contributed by atoms with van der Waals surface area (Å²) in [5.41, 5.74) is 10.3. The van der Waals surface area contributed by atoms with E-state index in [1.807, 2.05) is 30.3 Å². The lowest BCUT2D eigenvalue weighted by Crippen LogP contribution is -2.24. The van der Waals surface area contributed by atoms with Gasteiger partial charge in [-0.2, -0.15) is 5.26 Å². The second-order valence-electron chi connectivity index (χ2n) is 5.31. The first kappa shape index (κ1) is 14.3. The number of hydrogen-bond acceptors (Lipinski definition) is 4. The minimum atomic E-state index is -0.668. The first-order valence-corrected chi connectivity index (χ1v) is 7.02. The van der Waals surface area contributed by atoms with Crippen LogP contribution in [0, 0.1) is 11.3 Å². The molecule has 0 saturated carbocycles. The van der Waals surface area contributed by atoms with Crippen molar-refractivity contribution in [3.8, 4) is 17.2 Å². The van der Waals surface area contributed by atoms with E-state index in [-0.39, 0.29) is 0 Å². The molecule has 0 unspecified atom stereocenters. The number of aromatic nitrogens is 2. The monoisotopic (exact) mass is 292 g/mol. The summed E-state index contributed by atoms with van der Waals surface area (Å²) < 4.78 is 0. The normalized spacial score (nSPS) is 13.7. The summed E-state index contributed by atoms with van der Waals surface area (Å²) in [7, 11) is 0. The summed E-state index contributed by atoms with van der Waals surface area (Å²) in [6.45, 7) is 1.64. The van der Waals surface area contributed by atoms with Gasteiger partial charge in [0.2, 0.25) is 0 Å². The molecular formula is C17H16N4O. The highest BCUT2D eigenvalue weighted by Gasteiger charge is 2.16. The van der Waals surface area contributed by atoms with Gasteiger partial charge in [0, 0.05) is 0 Å². The third-order valence-electron chi connectivity index (χ3n) is 3.68. The molecule has 0 aliphatic heterocycles. The summed E-state index contributed by atoms with van der Waals surface area (Å²) in [6.07, 6.45) is -0.668. The largest absolute Gasteiger partial charge is 0.391 e. The topological polar surface area (TPSA) is 98.7 Å². The third-order valence-corrected chi connectivity index (χ3v) is 3.68. The Morgan fingerprint density at radius 3 is 2.50 bits per heavy atom. The molecule has 1 aromatic heterocycles. The SMILES string of the molecule is C[C@H](O)[C@@H](N)c1nc2ccc(-c3ccc(C#N)cc3)cc2[nH]1. The van der Waals surface area contributed by atoms with Gasteiger partial charge in [0.1, 0.15) is 5.82 Å². The highest BCUT2D eigenvalue weighted by molar-refractivity contribution is 5.82. The van der Waals surface area contributed by atoms with Crippen LogP contribution in [0.5, 0.6) is 0 Å². The smallest absolute Gasteiger partial charge is 0.126 e. The number of rotatable bonds is 3. The minimum absolute atomic E-state index is 0.536. The van der Waals surface area contributed by atoms with Gasteiger partial charge in [-0.1, -0.05) is 18.2 Å². The fraction of sp³-hybridized carbons (Fsp3) is 0.176. The molecule has 0 radical (unpaired) electrons. The van der Waals surface area contributed by atoms with Crippen molar-refractivity contribution in [2.45, 2.75) is 19.1 Å². The lowest BCUT2D eigenvalue weighted by atomic mass is 10.0. The van der Waals surface area contributed by atoms with E-state index in [1.54, 1.807) is 19.1 Å². The molecule has 0 aliphatic rings. The van der Waals surface area contributed by atoms with Gasteiger partial charge in [0.05, 0.1) is 34.8 Å². The van der Waals surface area contributed by atoms with Crippen molar-refractivity contribution in [1.29, 1.82) is 5.26 Å². The summed E-state index contributed by atoms with van der Waals surface area (Å²) in [4.78, 5) is 7.57. The number of nitrogens with two attached hydrogens (primary N) is 1. The molecule has 3 aromatic rings. The Bertz CT molecular complexity index is 843. The Morgan fingerprint density at radius 1 is 1.18 bits per heavy atom. The number of aliphatic hydroxyl groups is 1. The van der Waals surface area contributed by atoms with Crippen molar-refractivity contribution in [2.75, 3.05) is 0 Å². The molecule has 0 fully saturated rings. The molecule has 0 spiro atoms. The number of H-pyrrole nitrogens is 1. The van der Waals surface area contributed by atoms with E-state index in [2.05, 4.69) is 16.0 Å². The molecule has 1 heterocycles. The lowest BCUT2D eigenvalue weighted by Gasteiger charge is -2.10. The van der Waals surface area contributed by atoms with Crippen LogP contribution in [0.4, 0.5) is 0 Å². The lowest BCUT2D eigenvalue weighted by molar-refractivity contribution is 0.161. The number of benzene rings is 2. The average molecular weight is 292 g/mol. The van der Waals surface area contributed by atoms with Crippen LogP contribution in [-0.4, -0.2) is 21.2 Å². The molecule has 0 bridgehead atoms. The highest BCUT2D eigenvalue weighted by atomic mass is 16.3. The molecule has 5 nitrogen and oxygen atoms in total. The van der Waals surface area contributed by atoms with E-state index < -0.39 is 12.1 Å². The molecule has 3 rings (SSSR count). The van der Waals surface area contributed by atoms with Crippen LogP contribution in [0.2, 0.25) is 0 Å². The van der Waals surface area contributed by atoms with Crippen molar-refractivity contribution < 1.29 is 5.11 Å². The van der Waals surface area contributed by atoms with Crippen LogP contribution in [0.1, 0.15) is 24.4 Å². The first-order valence-electron chi connectivity index (χ1n) is 7.02. The molecule has 2 atom stereocenters. The zero-order valence-corrected chi connectivity index (χ0v) is 12.1. The van der Waals surface area contributed by atoms with Gasteiger partial charge in [-0.05, 0) is 42.3 Å². The number of imidazole rings is 1. The van der Waals surface area contributed by atoms with E-state index in [0.717, 1.165) is 22.2 Å². The standard InChI is InChI=1S/C17H16N4O/c1-10(22)16(19)17-20-14-7-6-13(8-15(14)21-17)12-4-2-11(9-18)3-5-12/h2-8,10,16,22H,19H2,1H3,(H,20,21)/t10-,16+/m0/s1. The summed E-state index contributed by atoms with van der Waals surface area (Å²) in [6, 6.07) is 14.9. The number of aliphatic hydroxyl groups excluding tert-OH is 1. The van der Waals surface area contributed by atoms with Gasteiger partial charge >= 0.3 is 0 Å². The molecule has 4 N–H and O–H groups in total. The number of nitrogens with zero attached hydrogens (tertiary/aromatic N) is 2. The van der Waals surface area contributed by atoms with Crippen molar-refractivity contribution in [3.63, 3.8) is 0 Å². The van der Waals surface area contributed by atoms with Gasteiger partial charge in [-0.15, -0.1) is 0 Å². The predicted molar refractivity (Wildman–Crippen MR) is 84.9 cm³/mol. The molecular weight excluding hydrogens is 276 g/mol. The minimum Gasteiger partial charge on any atom is -0.391 e. The molecule has 22 heavy (non-hydrogen) atoms. The van der Waals surface area contributed by atoms with E-state index in [9.17, 15) is 5.11 Å². The fourth-order valence-corrected chi connectivity index (χ4v) is 2.33. The fourth-order valence-electron chi connectivity index (χ4n) is 2.33. The maximum Gasteiger partial charge on any atom is 0.126 e. The van der Waals surface area contributed by atoms with Crippen LogP contribution in [0.15, 0.2) is 42.5 Å². The first-order chi connectivity index (χ1) is 10.6. The molecule has 2 aromatic carbocycles. The Morgan fingerprint density at radius 2 is 1.86 bits per heavy atom. The number of aromatic amines is 1. The van der Waals surface area contributed by atoms with Crippen LogP contribution in [-0.2, 0) is 0 Å². The van der Waals surface area contributed by atoms with E-state index in [0.29, 0.717) is 11.4 Å². The Hall–Kier alpha value is -2.68. The second-order valence-corrected chi connectivity index (χ2v) is 5.31. The molecule has 0 aliphatic carbocycles. The van der Waals surface area contributed by atoms with E-state index in [1.165, 1.54) is 0 Å². The van der Waals surface area contributed by atoms with Crippen molar-refractivity contribution >= 4 is 11.0 Å². The summed E-state index contributed by atoms with van der Waals surface area (Å²) in [5.74, 6) is 0.571. The number of fused-ring (bicyclic) bond motifs is 1. The van der Waals surface area contributed by atoms with Crippen LogP contribution < -0.4 is 5.73 Å². The van der Waals surface area contributed by atoms with Crippen LogP contribution in [0.3, 0.4) is 0 Å². The highest BCUT2D eigenvalue weighted by Crippen LogP contribution is 2.25. The zero-order valence-electron chi connectivity index (χ0n) is 12.1. The van der Waals surface area contributed by atoms with Gasteiger partial charge in [-0.3, -0.25) is 0 Å². The summed E-state index contributed by atoms with van der Waals surface area (Å²) in [5, 5.41) is 18.4. The van der Waals surface area contributed by atoms with Crippen LogP contribution in [0.25, 0.3) is 22.2 Å². The average Bonchev–Trinajstić information content (AvgIpc) is 2.97. The van der Waals surface area contributed by atoms with Gasteiger partial charge in [-0.25, -0.2) is 4.98 Å². The van der Waals surface area contributed by atoms with Gasteiger partial charge in [0.15, 0.2) is 0 Å². The quantitative estimate of drug-likeness (QED) is 0.690. The molecule has 5 heteroatoms. The van der Waals surface area contributed by atoms with Gasteiger partial charge < -0.3 is 15.8 Å². The maximum atomic E-state index is 9.57. The summed E-state index contributed by atoms with van der Waals surface area (Å²) >= 11 is 0. The molecule has 0 amide bonds. The maximum absolute atomic E-state index is 9.57. The van der Waals surface area contributed by atoms with Gasteiger partial charge in [0.25, 0.3) is 0 Å². The van der Waals surface area contributed by atoms with Crippen molar-refractivity contribution in [1.82, 2.24) is 9.97 Å².